The van der Waals surface area contributed by atoms with Crippen molar-refractivity contribution in [3.05, 3.63) is 45.7 Å². The first-order valence-corrected chi connectivity index (χ1v) is 7.10. The van der Waals surface area contributed by atoms with E-state index in [1.54, 1.807) is 11.6 Å². The lowest BCUT2D eigenvalue weighted by Gasteiger charge is -2.23. The zero-order chi connectivity index (χ0) is 15.4. The van der Waals surface area contributed by atoms with E-state index in [0.29, 0.717) is 10.9 Å². The summed E-state index contributed by atoms with van der Waals surface area (Å²) in [5.74, 6) is 0.240. The maximum atomic E-state index is 12.7. The Labute approximate surface area is 126 Å². The third-order valence-corrected chi connectivity index (χ3v) is 4.30. The molecule has 0 fully saturated rings. The summed E-state index contributed by atoms with van der Waals surface area (Å²) >= 11 is 0. The molecule has 0 radical (unpaired) electrons. The van der Waals surface area contributed by atoms with E-state index in [4.69, 9.17) is 11.5 Å². The van der Waals surface area contributed by atoms with Crippen LogP contribution < -0.4 is 17.0 Å². The summed E-state index contributed by atoms with van der Waals surface area (Å²) in [7, 11) is 1.76. The Kier molecular flexibility index (Phi) is 2.51. The Balaban J connectivity index is 2.24. The number of nitrogens with two attached hydrogens (primary N) is 2. The SMILES string of the molecule is Cn1c2c(c3nc(N)nc(N)c3c1=O)CCc1ccccc1-2. The molecule has 0 amide bonds. The highest BCUT2D eigenvalue weighted by atomic mass is 16.1. The van der Waals surface area contributed by atoms with E-state index in [2.05, 4.69) is 16.0 Å². The van der Waals surface area contributed by atoms with Gasteiger partial charge in [-0.15, -0.1) is 0 Å². The molecule has 6 heteroatoms. The molecule has 0 atom stereocenters. The Bertz CT molecular complexity index is 990. The van der Waals surface area contributed by atoms with Crippen LogP contribution in [-0.4, -0.2) is 14.5 Å². The maximum absolute atomic E-state index is 12.7. The first kappa shape index (κ1) is 12.8. The van der Waals surface area contributed by atoms with Crippen LogP contribution in [-0.2, 0) is 19.9 Å². The highest BCUT2D eigenvalue weighted by molar-refractivity contribution is 5.94. The number of nitrogen functional groups attached to an aromatic ring is 2. The largest absolute Gasteiger partial charge is 0.383 e. The molecule has 1 aliphatic rings. The minimum atomic E-state index is -0.192. The number of fused-ring (bicyclic) bond motifs is 5. The van der Waals surface area contributed by atoms with Gasteiger partial charge in [0.05, 0.1) is 11.2 Å². The molecule has 1 aromatic carbocycles. The number of pyridine rings is 1. The molecule has 110 valence electrons. The predicted molar refractivity (Wildman–Crippen MR) is 86.4 cm³/mol. The number of aromatic nitrogens is 3. The van der Waals surface area contributed by atoms with Crippen molar-refractivity contribution in [1.29, 1.82) is 0 Å². The van der Waals surface area contributed by atoms with Gasteiger partial charge < -0.3 is 16.0 Å². The second kappa shape index (κ2) is 4.30. The number of rotatable bonds is 0. The van der Waals surface area contributed by atoms with Gasteiger partial charge in [0.15, 0.2) is 0 Å². The van der Waals surface area contributed by atoms with Crippen LogP contribution in [0.25, 0.3) is 22.2 Å². The monoisotopic (exact) mass is 293 g/mol. The quantitative estimate of drug-likeness (QED) is 0.650. The number of aryl methyl sites for hydroxylation is 2. The minimum Gasteiger partial charge on any atom is -0.383 e. The van der Waals surface area contributed by atoms with Crippen LogP contribution in [0.1, 0.15) is 11.1 Å². The van der Waals surface area contributed by atoms with E-state index in [1.807, 2.05) is 18.2 Å². The van der Waals surface area contributed by atoms with Crippen molar-refractivity contribution in [2.24, 2.45) is 7.05 Å². The summed E-state index contributed by atoms with van der Waals surface area (Å²) in [6.45, 7) is 0. The van der Waals surface area contributed by atoms with E-state index in [0.717, 1.165) is 29.7 Å². The smallest absolute Gasteiger partial charge is 0.264 e. The van der Waals surface area contributed by atoms with Gasteiger partial charge in [0.25, 0.3) is 5.56 Å². The molecule has 2 heterocycles. The second-order valence-electron chi connectivity index (χ2n) is 5.54. The van der Waals surface area contributed by atoms with Crippen LogP contribution in [0.2, 0.25) is 0 Å². The van der Waals surface area contributed by atoms with Crippen LogP contribution in [0.3, 0.4) is 0 Å². The molecule has 22 heavy (non-hydrogen) atoms. The molecular weight excluding hydrogens is 278 g/mol. The van der Waals surface area contributed by atoms with Crippen molar-refractivity contribution in [2.45, 2.75) is 12.8 Å². The van der Waals surface area contributed by atoms with E-state index < -0.39 is 0 Å². The molecular formula is C16H15N5O. The van der Waals surface area contributed by atoms with Gasteiger partial charge in [0.1, 0.15) is 11.2 Å². The lowest BCUT2D eigenvalue weighted by Crippen LogP contribution is -2.25. The molecule has 1 aliphatic carbocycles. The average molecular weight is 293 g/mol. The van der Waals surface area contributed by atoms with Crippen LogP contribution in [0, 0.1) is 0 Å². The number of nitrogens with zero attached hydrogens (tertiary/aromatic N) is 3. The normalized spacial score (nSPS) is 13.0. The summed E-state index contributed by atoms with van der Waals surface area (Å²) < 4.78 is 1.64. The molecule has 6 nitrogen and oxygen atoms in total. The summed E-state index contributed by atoms with van der Waals surface area (Å²) in [4.78, 5) is 20.9. The Morgan fingerprint density at radius 2 is 1.91 bits per heavy atom. The summed E-state index contributed by atoms with van der Waals surface area (Å²) in [6.07, 6.45) is 1.70. The molecule has 4 N–H and O–H groups in total. The molecule has 0 spiro atoms. The van der Waals surface area contributed by atoms with Crippen molar-refractivity contribution in [3.8, 4) is 11.3 Å². The molecule has 0 bridgehead atoms. The molecule has 0 unspecified atom stereocenters. The number of benzene rings is 1. The van der Waals surface area contributed by atoms with Crippen molar-refractivity contribution < 1.29 is 0 Å². The minimum absolute atomic E-state index is 0.0966. The van der Waals surface area contributed by atoms with Crippen molar-refractivity contribution >= 4 is 22.7 Å². The highest BCUT2D eigenvalue weighted by Crippen LogP contribution is 2.35. The van der Waals surface area contributed by atoms with Crippen LogP contribution in [0.15, 0.2) is 29.1 Å². The molecule has 4 rings (SSSR count). The van der Waals surface area contributed by atoms with E-state index in [1.165, 1.54) is 5.56 Å². The van der Waals surface area contributed by atoms with Crippen LogP contribution >= 0.6 is 0 Å². The lowest BCUT2D eigenvalue weighted by atomic mass is 9.87. The third kappa shape index (κ3) is 1.57. The zero-order valence-electron chi connectivity index (χ0n) is 12.1. The average Bonchev–Trinajstić information content (AvgIpc) is 2.51. The van der Waals surface area contributed by atoms with Gasteiger partial charge in [-0.2, -0.15) is 4.98 Å². The second-order valence-corrected chi connectivity index (χ2v) is 5.54. The van der Waals surface area contributed by atoms with Gasteiger partial charge in [-0.1, -0.05) is 24.3 Å². The first-order chi connectivity index (χ1) is 10.6. The molecule has 2 aromatic heterocycles. The van der Waals surface area contributed by atoms with Gasteiger partial charge in [0, 0.05) is 18.2 Å². The number of hydrogen-bond donors (Lipinski definition) is 2. The van der Waals surface area contributed by atoms with Crippen molar-refractivity contribution in [1.82, 2.24) is 14.5 Å². The van der Waals surface area contributed by atoms with E-state index in [-0.39, 0.29) is 17.3 Å². The highest BCUT2D eigenvalue weighted by Gasteiger charge is 2.24. The number of anilines is 2. The summed E-state index contributed by atoms with van der Waals surface area (Å²) in [5, 5.41) is 0.356. The fourth-order valence-corrected chi connectivity index (χ4v) is 3.32. The van der Waals surface area contributed by atoms with Crippen molar-refractivity contribution in [2.75, 3.05) is 11.5 Å². The van der Waals surface area contributed by atoms with Crippen LogP contribution in [0.5, 0.6) is 0 Å². The Morgan fingerprint density at radius 3 is 2.73 bits per heavy atom. The molecule has 0 aliphatic heterocycles. The van der Waals surface area contributed by atoms with Gasteiger partial charge in [0.2, 0.25) is 5.95 Å². The van der Waals surface area contributed by atoms with Gasteiger partial charge in [-0.3, -0.25) is 4.79 Å². The molecule has 0 saturated carbocycles. The fraction of sp³-hybridized carbons (Fsp3) is 0.188. The zero-order valence-corrected chi connectivity index (χ0v) is 12.1. The number of hydrogen-bond acceptors (Lipinski definition) is 5. The lowest BCUT2D eigenvalue weighted by molar-refractivity contribution is 0.832. The topological polar surface area (TPSA) is 99.8 Å². The summed E-state index contributed by atoms with van der Waals surface area (Å²) in [5.41, 5.74) is 16.2. The third-order valence-electron chi connectivity index (χ3n) is 4.30. The van der Waals surface area contributed by atoms with Gasteiger partial charge in [-0.25, -0.2) is 4.98 Å². The van der Waals surface area contributed by atoms with Gasteiger partial charge in [-0.05, 0) is 18.4 Å². The fourth-order valence-electron chi connectivity index (χ4n) is 3.32. The van der Waals surface area contributed by atoms with Gasteiger partial charge >= 0.3 is 0 Å². The predicted octanol–water partition coefficient (Wildman–Crippen LogP) is 1.26. The summed E-state index contributed by atoms with van der Waals surface area (Å²) in [6, 6.07) is 8.12. The first-order valence-electron chi connectivity index (χ1n) is 7.10. The Morgan fingerprint density at radius 1 is 1.14 bits per heavy atom. The van der Waals surface area contributed by atoms with E-state index in [9.17, 15) is 4.79 Å². The Hall–Kier alpha value is -2.89. The standard InChI is InChI=1S/C16H15N5O/c1-21-13-9-5-3-2-4-8(9)6-7-10(13)12-11(15(21)22)14(17)20-16(18)19-12/h2-5H,6-7H2,1H3,(H4,17,18,19,20). The maximum Gasteiger partial charge on any atom is 0.264 e. The van der Waals surface area contributed by atoms with Crippen molar-refractivity contribution in [3.63, 3.8) is 0 Å². The molecule has 0 saturated heterocycles. The van der Waals surface area contributed by atoms with Crippen LogP contribution in [0.4, 0.5) is 11.8 Å². The molecule has 3 aromatic rings. The van der Waals surface area contributed by atoms with E-state index >= 15 is 0 Å².